The molecule has 0 saturated heterocycles. The van der Waals surface area contributed by atoms with Gasteiger partial charge in [0.1, 0.15) is 24.0 Å². The molecular weight excluding hydrogens is 470 g/mol. The third-order valence-corrected chi connectivity index (χ3v) is 5.54. The van der Waals surface area contributed by atoms with Crippen LogP contribution in [0, 0.1) is 11.6 Å². The average molecular weight is 487 g/mol. The maximum Gasteiger partial charge on any atom is 0.356 e. The molecule has 0 saturated carbocycles. The molecule has 31 heavy (non-hydrogen) atoms. The van der Waals surface area contributed by atoms with Crippen LogP contribution in [0.5, 0.6) is 5.75 Å². The molecule has 0 amide bonds. The standard InChI is InChI=1S/C23H17BrF2N2O3/c24-14-5-7-22(31-12-13-4-6-15(25)9-19(13)26)18(8-14)16-2-1-3-17(16)20-10-27-11-21(28-20)23(29)30/h4-11H,1-3,12H2,(H,29,30). The first-order valence-electron chi connectivity index (χ1n) is 9.57. The van der Waals surface area contributed by atoms with E-state index in [2.05, 4.69) is 25.9 Å². The minimum atomic E-state index is -1.14. The minimum absolute atomic E-state index is 0.0579. The Morgan fingerprint density at radius 2 is 1.90 bits per heavy atom. The van der Waals surface area contributed by atoms with E-state index < -0.39 is 17.6 Å². The summed E-state index contributed by atoms with van der Waals surface area (Å²) in [6.07, 6.45) is 5.13. The van der Waals surface area contributed by atoms with E-state index in [0.717, 1.165) is 46.5 Å². The number of carbonyl (C=O) groups is 1. The number of hydrogen-bond acceptors (Lipinski definition) is 4. The Kier molecular flexibility index (Phi) is 6.08. The van der Waals surface area contributed by atoms with Gasteiger partial charge in [0.25, 0.3) is 0 Å². The van der Waals surface area contributed by atoms with Gasteiger partial charge in [0, 0.05) is 21.7 Å². The summed E-state index contributed by atoms with van der Waals surface area (Å²) >= 11 is 3.48. The third kappa shape index (κ3) is 4.64. The van der Waals surface area contributed by atoms with Gasteiger partial charge >= 0.3 is 5.97 Å². The Labute approximate surface area is 185 Å². The molecule has 8 heteroatoms. The smallest absolute Gasteiger partial charge is 0.356 e. The van der Waals surface area contributed by atoms with E-state index in [1.165, 1.54) is 18.3 Å². The zero-order valence-electron chi connectivity index (χ0n) is 16.2. The number of ether oxygens (including phenoxy) is 1. The molecule has 158 valence electrons. The maximum atomic E-state index is 14.0. The van der Waals surface area contributed by atoms with Gasteiger partial charge in [0.15, 0.2) is 5.69 Å². The van der Waals surface area contributed by atoms with Crippen molar-refractivity contribution in [3.63, 3.8) is 0 Å². The number of carboxylic acids is 1. The molecule has 1 heterocycles. The number of halogens is 3. The molecule has 1 aliphatic carbocycles. The fourth-order valence-corrected chi connectivity index (χ4v) is 3.96. The molecule has 5 nitrogen and oxygen atoms in total. The highest BCUT2D eigenvalue weighted by atomic mass is 79.9. The van der Waals surface area contributed by atoms with Crippen LogP contribution in [0.3, 0.4) is 0 Å². The average Bonchev–Trinajstić information content (AvgIpc) is 3.23. The third-order valence-electron chi connectivity index (χ3n) is 5.05. The van der Waals surface area contributed by atoms with Crippen molar-refractivity contribution in [3.05, 3.63) is 87.4 Å². The second kappa shape index (κ2) is 8.93. The van der Waals surface area contributed by atoms with Gasteiger partial charge in [-0.15, -0.1) is 0 Å². The zero-order chi connectivity index (χ0) is 22.0. The molecule has 0 radical (unpaired) electrons. The molecule has 1 N–H and O–H groups in total. The normalized spacial score (nSPS) is 13.5. The Morgan fingerprint density at radius 3 is 2.68 bits per heavy atom. The van der Waals surface area contributed by atoms with Gasteiger partial charge in [-0.3, -0.25) is 4.98 Å². The van der Waals surface area contributed by atoms with Crippen LogP contribution in [0.4, 0.5) is 8.78 Å². The van der Waals surface area contributed by atoms with Crippen molar-refractivity contribution in [1.82, 2.24) is 9.97 Å². The largest absolute Gasteiger partial charge is 0.488 e. The summed E-state index contributed by atoms with van der Waals surface area (Å²) in [6.45, 7) is -0.0579. The molecule has 0 atom stereocenters. The lowest BCUT2D eigenvalue weighted by Gasteiger charge is -2.15. The number of nitrogens with zero attached hydrogens (tertiary/aromatic N) is 2. The highest BCUT2D eigenvalue weighted by molar-refractivity contribution is 9.10. The van der Waals surface area contributed by atoms with Gasteiger partial charge in [-0.2, -0.15) is 0 Å². The molecule has 4 rings (SSSR count). The van der Waals surface area contributed by atoms with Crippen LogP contribution in [-0.4, -0.2) is 21.0 Å². The number of aromatic nitrogens is 2. The van der Waals surface area contributed by atoms with Gasteiger partial charge in [-0.05, 0) is 60.7 Å². The van der Waals surface area contributed by atoms with E-state index in [1.54, 1.807) is 12.3 Å². The molecule has 1 aromatic heterocycles. The summed E-state index contributed by atoms with van der Waals surface area (Å²) in [5.41, 5.74) is 3.35. The van der Waals surface area contributed by atoms with Gasteiger partial charge in [0.05, 0.1) is 18.1 Å². The van der Waals surface area contributed by atoms with Crippen molar-refractivity contribution < 1.29 is 23.4 Å². The van der Waals surface area contributed by atoms with Crippen LogP contribution in [-0.2, 0) is 6.61 Å². The van der Waals surface area contributed by atoms with Gasteiger partial charge in [0.2, 0.25) is 0 Å². The van der Waals surface area contributed by atoms with Crippen LogP contribution in [0.15, 0.2) is 53.3 Å². The fourth-order valence-electron chi connectivity index (χ4n) is 3.60. The van der Waals surface area contributed by atoms with Crippen molar-refractivity contribution in [2.75, 3.05) is 0 Å². The van der Waals surface area contributed by atoms with Gasteiger partial charge in [-0.1, -0.05) is 15.9 Å². The summed E-state index contributed by atoms with van der Waals surface area (Å²) in [7, 11) is 0. The van der Waals surface area contributed by atoms with Crippen molar-refractivity contribution in [2.45, 2.75) is 25.9 Å². The summed E-state index contributed by atoms with van der Waals surface area (Å²) in [5, 5.41) is 9.23. The summed E-state index contributed by atoms with van der Waals surface area (Å²) in [6, 6.07) is 8.88. The number of benzene rings is 2. The van der Waals surface area contributed by atoms with Crippen molar-refractivity contribution in [2.24, 2.45) is 0 Å². The first-order chi connectivity index (χ1) is 14.9. The highest BCUT2D eigenvalue weighted by Gasteiger charge is 2.23. The minimum Gasteiger partial charge on any atom is -0.488 e. The quantitative estimate of drug-likeness (QED) is 0.470. The lowest BCUT2D eigenvalue weighted by atomic mass is 9.99. The second-order valence-corrected chi connectivity index (χ2v) is 7.99. The molecule has 0 bridgehead atoms. The van der Waals surface area contributed by atoms with Crippen LogP contribution < -0.4 is 4.74 Å². The molecule has 0 fully saturated rings. The second-order valence-electron chi connectivity index (χ2n) is 7.07. The maximum absolute atomic E-state index is 14.0. The van der Waals surface area contributed by atoms with E-state index in [4.69, 9.17) is 4.74 Å². The monoisotopic (exact) mass is 486 g/mol. The molecule has 0 aliphatic heterocycles. The first-order valence-corrected chi connectivity index (χ1v) is 10.4. The topological polar surface area (TPSA) is 72.3 Å². The molecule has 2 aromatic carbocycles. The van der Waals surface area contributed by atoms with Gasteiger partial charge < -0.3 is 9.84 Å². The van der Waals surface area contributed by atoms with Crippen molar-refractivity contribution >= 4 is 33.0 Å². The number of rotatable bonds is 6. The Balaban J connectivity index is 1.71. The van der Waals surface area contributed by atoms with Crippen LogP contribution in [0.2, 0.25) is 0 Å². The van der Waals surface area contributed by atoms with E-state index in [1.807, 2.05) is 12.1 Å². The predicted molar refractivity (Wildman–Crippen MR) is 114 cm³/mol. The van der Waals surface area contributed by atoms with Gasteiger partial charge in [-0.25, -0.2) is 18.6 Å². The fraction of sp³-hybridized carbons (Fsp3) is 0.174. The number of carboxylic acid groups (broad SMARTS) is 1. The SMILES string of the molecule is O=C(O)c1cncc(C2=C(c3cc(Br)ccc3OCc3ccc(F)cc3F)CCC2)n1. The molecule has 3 aromatic rings. The van der Waals surface area contributed by atoms with Crippen LogP contribution in [0.25, 0.3) is 11.1 Å². The molecule has 1 aliphatic rings. The van der Waals surface area contributed by atoms with Crippen LogP contribution in [0.1, 0.15) is 46.6 Å². The number of aromatic carboxylic acids is 1. The molecule has 0 unspecified atom stereocenters. The Morgan fingerprint density at radius 1 is 1.10 bits per heavy atom. The summed E-state index contributed by atoms with van der Waals surface area (Å²) in [4.78, 5) is 19.5. The van der Waals surface area contributed by atoms with E-state index in [-0.39, 0.29) is 17.9 Å². The first kappa shape index (κ1) is 21.1. The lowest BCUT2D eigenvalue weighted by Crippen LogP contribution is -2.04. The lowest BCUT2D eigenvalue weighted by molar-refractivity contribution is 0.0690. The predicted octanol–water partition coefficient (Wildman–Crippen LogP) is 5.89. The molecule has 0 spiro atoms. The van der Waals surface area contributed by atoms with E-state index in [0.29, 0.717) is 11.4 Å². The number of allylic oxidation sites excluding steroid dienone is 2. The summed E-state index contributed by atoms with van der Waals surface area (Å²) in [5.74, 6) is -1.90. The Hall–Kier alpha value is -3.13. The molecular formula is C23H17BrF2N2O3. The van der Waals surface area contributed by atoms with E-state index >= 15 is 0 Å². The Bertz CT molecular complexity index is 1200. The highest BCUT2D eigenvalue weighted by Crippen LogP contribution is 2.43. The van der Waals surface area contributed by atoms with Crippen molar-refractivity contribution in [3.8, 4) is 5.75 Å². The van der Waals surface area contributed by atoms with E-state index in [9.17, 15) is 18.7 Å². The zero-order valence-corrected chi connectivity index (χ0v) is 17.8. The van der Waals surface area contributed by atoms with Crippen LogP contribution >= 0.6 is 15.9 Å². The number of hydrogen-bond donors (Lipinski definition) is 1. The van der Waals surface area contributed by atoms with Crippen molar-refractivity contribution in [1.29, 1.82) is 0 Å². The summed E-state index contributed by atoms with van der Waals surface area (Å²) < 4.78 is 33.9.